The lowest BCUT2D eigenvalue weighted by molar-refractivity contribution is -0.121. The van der Waals surface area contributed by atoms with Crippen molar-refractivity contribution in [2.75, 3.05) is 37.6 Å². The number of aromatic nitrogens is 1. The number of amides is 1. The van der Waals surface area contributed by atoms with Crippen LogP contribution >= 0.6 is 0 Å². The van der Waals surface area contributed by atoms with Gasteiger partial charge in [0.05, 0.1) is 5.92 Å². The summed E-state index contributed by atoms with van der Waals surface area (Å²) < 4.78 is 0. The van der Waals surface area contributed by atoms with E-state index in [1.54, 1.807) is 0 Å². The van der Waals surface area contributed by atoms with Crippen LogP contribution in [0.2, 0.25) is 0 Å². The van der Waals surface area contributed by atoms with Crippen molar-refractivity contribution in [2.45, 2.75) is 19.4 Å². The van der Waals surface area contributed by atoms with Crippen molar-refractivity contribution in [3.63, 3.8) is 0 Å². The van der Waals surface area contributed by atoms with Gasteiger partial charge >= 0.3 is 0 Å². The number of carbonyl (C=O) groups excluding carboxylic acids is 1. The van der Waals surface area contributed by atoms with Crippen molar-refractivity contribution in [1.29, 1.82) is 0 Å². The minimum Gasteiger partial charge on any atom is -0.354 e. The molecule has 0 radical (unpaired) electrons. The summed E-state index contributed by atoms with van der Waals surface area (Å²) in [7, 11) is 0. The molecule has 0 saturated carbocycles. The molecule has 1 N–H and O–H groups in total. The molecule has 31 heavy (non-hydrogen) atoms. The largest absolute Gasteiger partial charge is 0.354 e. The molecule has 5 heteroatoms. The number of benzene rings is 2. The third kappa shape index (κ3) is 5.30. The van der Waals surface area contributed by atoms with Crippen molar-refractivity contribution in [2.24, 2.45) is 0 Å². The SMILES string of the molecule is CCN1CCN(c2ccc(CNC(=O)C(c3ccccc3)c3ccccc3)cn2)CC1. The van der Waals surface area contributed by atoms with Crippen LogP contribution < -0.4 is 10.2 Å². The number of hydrogen-bond donors (Lipinski definition) is 1. The van der Waals surface area contributed by atoms with Crippen LogP contribution in [0.25, 0.3) is 0 Å². The molecular weight excluding hydrogens is 384 g/mol. The number of hydrogen-bond acceptors (Lipinski definition) is 4. The highest BCUT2D eigenvalue weighted by atomic mass is 16.1. The van der Waals surface area contributed by atoms with E-state index >= 15 is 0 Å². The highest BCUT2D eigenvalue weighted by Gasteiger charge is 2.22. The minimum absolute atomic E-state index is 0.00263. The van der Waals surface area contributed by atoms with E-state index in [2.05, 4.69) is 39.2 Å². The minimum atomic E-state index is -0.329. The van der Waals surface area contributed by atoms with E-state index in [1.165, 1.54) is 0 Å². The van der Waals surface area contributed by atoms with Gasteiger partial charge in [-0.25, -0.2) is 4.98 Å². The Morgan fingerprint density at radius 1 is 0.903 bits per heavy atom. The van der Waals surface area contributed by atoms with Gasteiger partial charge in [-0.05, 0) is 29.3 Å². The summed E-state index contributed by atoms with van der Waals surface area (Å²) in [6.07, 6.45) is 1.88. The Kier molecular flexibility index (Phi) is 6.95. The summed E-state index contributed by atoms with van der Waals surface area (Å²) in [5.74, 6) is 0.680. The van der Waals surface area contributed by atoms with Crippen molar-refractivity contribution in [3.8, 4) is 0 Å². The maximum Gasteiger partial charge on any atom is 0.232 e. The third-order valence-electron chi connectivity index (χ3n) is 5.95. The van der Waals surface area contributed by atoms with E-state index in [1.807, 2.05) is 66.9 Å². The maximum atomic E-state index is 13.1. The number of likely N-dealkylation sites (N-methyl/N-ethyl adjacent to an activating group) is 1. The maximum absolute atomic E-state index is 13.1. The van der Waals surface area contributed by atoms with E-state index in [4.69, 9.17) is 0 Å². The van der Waals surface area contributed by atoms with Gasteiger partial charge in [0, 0.05) is 38.9 Å². The average molecular weight is 415 g/mol. The summed E-state index contributed by atoms with van der Waals surface area (Å²) in [5, 5.41) is 3.11. The number of nitrogens with one attached hydrogen (secondary N) is 1. The van der Waals surface area contributed by atoms with Crippen molar-refractivity contribution >= 4 is 11.7 Å². The molecule has 160 valence electrons. The van der Waals surface area contributed by atoms with Gasteiger partial charge in [0.25, 0.3) is 0 Å². The lowest BCUT2D eigenvalue weighted by atomic mass is 9.90. The molecule has 4 rings (SSSR count). The molecule has 0 bridgehead atoms. The number of anilines is 1. The third-order valence-corrected chi connectivity index (χ3v) is 5.95. The van der Waals surface area contributed by atoms with Crippen LogP contribution in [0.4, 0.5) is 5.82 Å². The molecule has 1 fully saturated rings. The molecule has 1 aromatic heterocycles. The van der Waals surface area contributed by atoms with Gasteiger partial charge in [-0.3, -0.25) is 4.79 Å². The molecule has 0 spiro atoms. The first kappa shape index (κ1) is 21.1. The van der Waals surface area contributed by atoms with Gasteiger partial charge in [-0.2, -0.15) is 0 Å². The number of carbonyl (C=O) groups is 1. The zero-order chi connectivity index (χ0) is 21.5. The predicted octanol–water partition coefficient (Wildman–Crippen LogP) is 3.67. The van der Waals surface area contributed by atoms with Crippen LogP contribution in [0.3, 0.4) is 0 Å². The second-order valence-electron chi connectivity index (χ2n) is 7.92. The Morgan fingerprint density at radius 3 is 2.03 bits per heavy atom. The number of piperazine rings is 1. The fraction of sp³-hybridized carbons (Fsp3) is 0.308. The van der Waals surface area contributed by atoms with Crippen LogP contribution in [-0.2, 0) is 11.3 Å². The predicted molar refractivity (Wildman–Crippen MR) is 125 cm³/mol. The average Bonchev–Trinajstić information content (AvgIpc) is 2.85. The summed E-state index contributed by atoms with van der Waals surface area (Å²) in [6.45, 7) is 7.95. The fourth-order valence-electron chi connectivity index (χ4n) is 4.08. The molecular formula is C26H30N4O. The Bertz CT molecular complexity index is 912. The first-order valence-electron chi connectivity index (χ1n) is 11.0. The summed E-state index contributed by atoms with van der Waals surface area (Å²) in [5.41, 5.74) is 2.99. The Morgan fingerprint density at radius 2 is 1.52 bits per heavy atom. The topological polar surface area (TPSA) is 48.5 Å². The van der Waals surface area contributed by atoms with Gasteiger partial charge in [0.15, 0.2) is 0 Å². The lowest BCUT2D eigenvalue weighted by Gasteiger charge is -2.34. The number of rotatable bonds is 7. The molecule has 0 unspecified atom stereocenters. The monoisotopic (exact) mass is 414 g/mol. The fourth-order valence-corrected chi connectivity index (χ4v) is 4.08. The molecule has 3 aromatic rings. The summed E-state index contributed by atoms with van der Waals surface area (Å²) in [6, 6.07) is 24.0. The van der Waals surface area contributed by atoms with Crippen LogP contribution in [0.15, 0.2) is 79.0 Å². The molecule has 1 aliphatic rings. The van der Waals surface area contributed by atoms with E-state index in [-0.39, 0.29) is 11.8 Å². The van der Waals surface area contributed by atoms with E-state index in [9.17, 15) is 4.79 Å². The summed E-state index contributed by atoms with van der Waals surface area (Å²) in [4.78, 5) is 22.6. The normalized spacial score (nSPS) is 14.6. The summed E-state index contributed by atoms with van der Waals surface area (Å²) >= 11 is 0. The highest BCUT2D eigenvalue weighted by molar-refractivity contribution is 5.87. The lowest BCUT2D eigenvalue weighted by Crippen LogP contribution is -2.46. The molecule has 2 heterocycles. The van der Waals surface area contributed by atoms with E-state index in [0.717, 1.165) is 55.2 Å². The smallest absolute Gasteiger partial charge is 0.232 e. The molecule has 1 aliphatic heterocycles. The van der Waals surface area contributed by atoms with E-state index < -0.39 is 0 Å². The first-order valence-corrected chi connectivity index (χ1v) is 11.0. The standard InChI is InChI=1S/C26H30N4O/c1-2-29-15-17-30(18-16-29)24-14-13-21(19-27-24)20-28-26(31)25(22-9-5-3-6-10-22)23-11-7-4-8-12-23/h3-14,19,25H,2,15-18,20H2,1H3,(H,28,31). The van der Waals surface area contributed by atoms with Crippen LogP contribution in [0.5, 0.6) is 0 Å². The van der Waals surface area contributed by atoms with Crippen LogP contribution in [0.1, 0.15) is 29.5 Å². The Balaban J connectivity index is 1.40. The molecule has 0 atom stereocenters. The second kappa shape index (κ2) is 10.2. The van der Waals surface area contributed by atoms with Gasteiger partial charge in [-0.15, -0.1) is 0 Å². The van der Waals surface area contributed by atoms with Crippen LogP contribution in [0, 0.1) is 0 Å². The molecule has 2 aromatic carbocycles. The number of pyridine rings is 1. The van der Waals surface area contributed by atoms with Gasteiger partial charge in [0.2, 0.25) is 5.91 Å². The molecule has 1 amide bonds. The van der Waals surface area contributed by atoms with Crippen LogP contribution in [-0.4, -0.2) is 48.5 Å². The molecule has 0 aliphatic carbocycles. The molecule has 5 nitrogen and oxygen atoms in total. The quantitative estimate of drug-likeness (QED) is 0.641. The first-order chi connectivity index (χ1) is 15.2. The van der Waals surface area contributed by atoms with Gasteiger partial charge < -0.3 is 15.1 Å². The zero-order valence-corrected chi connectivity index (χ0v) is 18.1. The van der Waals surface area contributed by atoms with Crippen molar-refractivity contribution < 1.29 is 4.79 Å². The zero-order valence-electron chi connectivity index (χ0n) is 18.1. The Hall–Kier alpha value is -3.18. The Labute approximate surface area is 184 Å². The van der Waals surface area contributed by atoms with Gasteiger partial charge in [0.1, 0.15) is 5.82 Å². The molecule has 1 saturated heterocycles. The number of nitrogens with zero attached hydrogens (tertiary/aromatic N) is 3. The van der Waals surface area contributed by atoms with E-state index in [0.29, 0.717) is 6.54 Å². The second-order valence-corrected chi connectivity index (χ2v) is 7.92. The highest BCUT2D eigenvalue weighted by Crippen LogP contribution is 2.25. The van der Waals surface area contributed by atoms with Gasteiger partial charge in [-0.1, -0.05) is 73.7 Å². The van der Waals surface area contributed by atoms with Crippen molar-refractivity contribution in [1.82, 2.24) is 15.2 Å². The van der Waals surface area contributed by atoms with Crippen molar-refractivity contribution in [3.05, 3.63) is 95.7 Å².